The van der Waals surface area contributed by atoms with Gasteiger partial charge in [-0.15, -0.1) is 0 Å². The SMILES string of the molecule is FC(F)(F)C(F)(F)C(F)(F)c1c2nc(c(C(F)(F)C(F)(F)C(F)(F)F)c3cc(Cl)c([nH]3)c(C(F)(F)C(F)(F)C(F)(F)F)c3nc(c(C(F)(F)C(F)(F)C(F)(F)F)c4[nH]c1cc4Cl)C=C3)C=C2. The fraction of sp³-hybridized carbons (Fsp3) is 0.375. The first-order chi connectivity index (χ1) is 29.2. The molecule has 0 unspecified atom stereocenters. The third kappa shape index (κ3) is 7.35. The zero-order valence-electron chi connectivity index (χ0n) is 29.7. The molecule has 2 N–H and O–H groups in total. The number of aromatic nitrogens is 4. The molecule has 8 bridgehead atoms. The molecule has 0 aromatic carbocycles. The van der Waals surface area contributed by atoms with E-state index < -0.39 is 186 Å². The Hall–Kier alpha value is -4.78. The van der Waals surface area contributed by atoms with E-state index >= 15 is 35.1 Å². The van der Waals surface area contributed by atoms with Crippen molar-refractivity contribution in [3.05, 3.63) is 67.2 Å². The Bertz CT molecular complexity index is 2520. The number of fused-ring (bicyclic) bond motifs is 8. The van der Waals surface area contributed by atoms with E-state index in [2.05, 4.69) is 9.97 Å². The van der Waals surface area contributed by atoms with E-state index in [1.165, 1.54) is 0 Å². The second-order valence-corrected chi connectivity index (χ2v) is 14.1. The summed E-state index contributed by atoms with van der Waals surface area (Å²) in [4.78, 5) is 6.99. The number of aromatic amines is 2. The predicted octanol–water partition coefficient (Wildman–Crippen LogP) is 15.1. The van der Waals surface area contributed by atoms with Crippen LogP contribution in [0, 0.1) is 0 Å². The molecule has 5 heterocycles. The number of H-pyrrole nitrogens is 2. The number of alkyl halides is 28. The Morgan fingerprint density at radius 2 is 0.515 bits per heavy atom. The van der Waals surface area contributed by atoms with Crippen molar-refractivity contribution >= 4 is 69.6 Å². The number of nitrogens with one attached hydrogen (secondary N) is 2. The maximum Gasteiger partial charge on any atom is 0.460 e. The monoisotopic (exact) mass is 1050 g/mol. The minimum absolute atomic E-state index is 0.554. The van der Waals surface area contributed by atoms with Crippen molar-refractivity contribution in [3.63, 3.8) is 0 Å². The molecule has 2 aliphatic heterocycles. The normalized spacial score (nSPS) is 15.6. The Morgan fingerprint density at radius 3 is 0.727 bits per heavy atom. The molecule has 2 aliphatic rings. The summed E-state index contributed by atoms with van der Waals surface area (Å²) in [5.74, 6) is -58.9. The first-order valence-electron chi connectivity index (χ1n) is 16.0. The fourth-order valence-corrected chi connectivity index (χ4v) is 6.44. The van der Waals surface area contributed by atoms with Gasteiger partial charge < -0.3 is 9.97 Å². The lowest BCUT2D eigenvalue weighted by atomic mass is 9.99. The Morgan fingerprint density at radius 1 is 0.318 bits per heavy atom. The van der Waals surface area contributed by atoms with E-state index in [1.54, 1.807) is 0 Å². The van der Waals surface area contributed by atoms with Crippen LogP contribution >= 0.6 is 23.2 Å². The summed E-state index contributed by atoms with van der Waals surface area (Å²) in [6.07, 6.45) is -32.3. The maximum absolute atomic E-state index is 15.8. The molecule has 0 saturated heterocycles. The lowest BCUT2D eigenvalue weighted by Gasteiger charge is -2.29. The molecule has 0 radical (unpaired) electrons. The number of rotatable bonds is 8. The predicted molar refractivity (Wildman–Crippen MR) is 168 cm³/mol. The minimum Gasteiger partial charge on any atom is -0.353 e. The summed E-state index contributed by atoms with van der Waals surface area (Å²) in [6, 6.07) is -1.26. The fourth-order valence-electron chi connectivity index (χ4n) is 5.94. The van der Waals surface area contributed by atoms with Crippen molar-refractivity contribution in [2.75, 3.05) is 0 Å². The topological polar surface area (TPSA) is 57.4 Å². The Labute approximate surface area is 351 Å². The van der Waals surface area contributed by atoms with E-state index in [9.17, 15) is 87.8 Å². The van der Waals surface area contributed by atoms with E-state index in [4.69, 9.17) is 23.2 Å². The highest BCUT2D eigenvalue weighted by atomic mass is 35.5. The Kier molecular flexibility index (Phi) is 11.8. The van der Waals surface area contributed by atoms with Crippen LogP contribution in [0.2, 0.25) is 10.0 Å². The summed E-state index contributed by atoms with van der Waals surface area (Å²) >= 11 is 11.2. The number of hydrogen-bond donors (Lipinski definition) is 2. The van der Waals surface area contributed by atoms with Gasteiger partial charge in [-0.05, 0) is 36.4 Å². The van der Waals surface area contributed by atoms with Gasteiger partial charge in [0.2, 0.25) is 0 Å². The third-order valence-electron chi connectivity index (χ3n) is 9.14. The number of halogens is 30. The average molecular weight is 1050 g/mol. The van der Waals surface area contributed by atoms with E-state index in [0.29, 0.717) is 0 Å². The number of hydrogen-bond acceptors (Lipinski definition) is 2. The molecule has 3 aromatic heterocycles. The molecule has 5 rings (SSSR count). The van der Waals surface area contributed by atoms with Gasteiger partial charge in [0.1, 0.15) is 0 Å². The summed E-state index contributed by atoms with van der Waals surface area (Å²) in [5, 5.41) is -4.25. The largest absolute Gasteiger partial charge is 0.460 e. The summed E-state index contributed by atoms with van der Waals surface area (Å²) in [6.45, 7) is 0. The van der Waals surface area contributed by atoms with Gasteiger partial charge in [0.25, 0.3) is 0 Å². The molecular formula is C32H8Cl2F28N4. The lowest BCUT2D eigenvalue weighted by Crippen LogP contribution is -2.50. The molecule has 34 heteroatoms. The lowest BCUT2D eigenvalue weighted by molar-refractivity contribution is -0.359. The molecule has 4 nitrogen and oxygen atoms in total. The van der Waals surface area contributed by atoms with Gasteiger partial charge in [-0.25, -0.2) is 9.97 Å². The molecule has 0 atom stereocenters. The minimum atomic E-state index is -7.60. The van der Waals surface area contributed by atoms with Crippen LogP contribution in [-0.2, 0) is 23.7 Å². The molecule has 0 aliphatic carbocycles. The van der Waals surface area contributed by atoms with E-state index in [0.717, 1.165) is 9.97 Å². The molecule has 66 heavy (non-hydrogen) atoms. The Balaban J connectivity index is 2.30. The van der Waals surface area contributed by atoms with E-state index in [-0.39, 0.29) is 0 Å². The summed E-state index contributed by atoms with van der Waals surface area (Å²) in [5.41, 5.74) is -33.3. The van der Waals surface area contributed by atoms with Gasteiger partial charge in [-0.3, -0.25) is 0 Å². The zero-order chi connectivity index (χ0) is 51.2. The van der Waals surface area contributed by atoms with Crippen LogP contribution in [0.4, 0.5) is 123 Å². The summed E-state index contributed by atoms with van der Waals surface area (Å²) in [7, 11) is 0. The van der Waals surface area contributed by atoms with Crippen molar-refractivity contribution in [1.82, 2.24) is 19.9 Å². The summed E-state index contributed by atoms with van der Waals surface area (Å²) < 4.78 is 405. The van der Waals surface area contributed by atoms with Crippen LogP contribution < -0.4 is 0 Å². The molecule has 0 saturated carbocycles. The second-order valence-electron chi connectivity index (χ2n) is 13.3. The molecule has 3 aromatic rings. The van der Waals surface area contributed by atoms with E-state index in [1.807, 2.05) is 0 Å². The van der Waals surface area contributed by atoms with Gasteiger partial charge in [0.05, 0.1) is 77.1 Å². The van der Waals surface area contributed by atoms with Crippen LogP contribution in [0.25, 0.3) is 46.4 Å². The average Bonchev–Trinajstić information content (AvgIpc) is 3.92. The molecule has 0 amide bonds. The van der Waals surface area contributed by atoms with Gasteiger partial charge in [-0.1, -0.05) is 23.2 Å². The van der Waals surface area contributed by atoms with Crippen LogP contribution in [-0.4, -0.2) is 68.3 Å². The smallest absolute Gasteiger partial charge is 0.353 e. The first kappa shape index (κ1) is 52.2. The molecule has 0 fully saturated rings. The molecule has 366 valence electrons. The van der Waals surface area contributed by atoms with Gasteiger partial charge >= 0.3 is 72.1 Å². The van der Waals surface area contributed by atoms with Crippen molar-refractivity contribution in [2.45, 2.75) is 72.1 Å². The van der Waals surface area contributed by atoms with Crippen molar-refractivity contribution in [1.29, 1.82) is 0 Å². The highest BCUT2D eigenvalue weighted by Gasteiger charge is 2.78. The standard InChI is InChI=1S/C32H8Cl2F28N4/c33-7-5-13-15(21(35,36)25(43,44)29(51,52)53)9-1-2-10(63-9)16(22(37,38)26(45,46)30(54,55)56)14-6-8(34)20(66-14)18(24(41,42)28(49,50)32(60,61)62)12-4-3-11(64-12)17(19(7)65-13)23(39,40)27(47,48)31(57,58)59/h1-6,65-66H. The van der Waals surface area contributed by atoms with Gasteiger partial charge in [0, 0.05) is 0 Å². The van der Waals surface area contributed by atoms with Crippen LogP contribution in [0.1, 0.15) is 45.0 Å². The van der Waals surface area contributed by atoms with Crippen LogP contribution in [0.15, 0.2) is 12.1 Å². The van der Waals surface area contributed by atoms with Crippen molar-refractivity contribution < 1.29 is 123 Å². The maximum atomic E-state index is 15.8. The van der Waals surface area contributed by atoms with Crippen molar-refractivity contribution in [2.24, 2.45) is 0 Å². The van der Waals surface area contributed by atoms with Crippen LogP contribution in [0.5, 0.6) is 0 Å². The van der Waals surface area contributed by atoms with Crippen molar-refractivity contribution in [3.8, 4) is 0 Å². The zero-order valence-corrected chi connectivity index (χ0v) is 31.2. The highest BCUT2D eigenvalue weighted by molar-refractivity contribution is 6.35. The quantitative estimate of drug-likeness (QED) is 0.152. The molecule has 0 spiro atoms. The van der Waals surface area contributed by atoms with Crippen LogP contribution in [0.3, 0.4) is 0 Å². The first-order valence-corrected chi connectivity index (χ1v) is 16.8. The second kappa shape index (κ2) is 14.9. The highest BCUT2D eigenvalue weighted by Crippen LogP contribution is 2.59. The third-order valence-corrected chi connectivity index (χ3v) is 9.74. The number of nitrogens with zero attached hydrogens (tertiary/aromatic N) is 2. The van der Waals surface area contributed by atoms with Gasteiger partial charge in [-0.2, -0.15) is 123 Å². The van der Waals surface area contributed by atoms with Gasteiger partial charge in [0.15, 0.2) is 0 Å². The molecular weight excluding hydrogens is 1040 g/mol.